The number of amides is 1. The van der Waals surface area contributed by atoms with Gasteiger partial charge in [-0.15, -0.1) is 0 Å². The summed E-state index contributed by atoms with van der Waals surface area (Å²) in [6.45, 7) is 1.85. The number of hydrogen-bond acceptors (Lipinski definition) is 5. The van der Waals surface area contributed by atoms with Crippen molar-refractivity contribution in [1.82, 2.24) is 10.3 Å². The van der Waals surface area contributed by atoms with E-state index in [1.807, 2.05) is 12.1 Å². The fourth-order valence-electron chi connectivity index (χ4n) is 3.66. The second-order valence-electron chi connectivity index (χ2n) is 8.71. The monoisotopic (exact) mass is 544 g/mol. The van der Waals surface area contributed by atoms with Crippen LogP contribution in [0.2, 0.25) is 5.02 Å². The van der Waals surface area contributed by atoms with Crippen molar-refractivity contribution in [2.75, 3.05) is 6.61 Å². The van der Waals surface area contributed by atoms with E-state index in [1.54, 1.807) is 43.5 Å². The third kappa shape index (κ3) is 10.5. The van der Waals surface area contributed by atoms with Crippen LogP contribution in [0.5, 0.6) is 0 Å². The third-order valence-corrected chi connectivity index (χ3v) is 5.91. The number of nitrogens with one attached hydrogen (secondary N) is 2. The van der Waals surface area contributed by atoms with Crippen LogP contribution in [0.1, 0.15) is 57.1 Å². The Hall–Kier alpha value is -2.89. The van der Waals surface area contributed by atoms with Crippen LogP contribution < -0.4 is 40.3 Å². The number of halogens is 1. The second-order valence-corrected chi connectivity index (χ2v) is 9.14. The minimum absolute atomic E-state index is 0. The molecule has 0 aliphatic carbocycles. The van der Waals surface area contributed by atoms with Crippen molar-refractivity contribution in [2.45, 2.75) is 52.0 Å². The maximum absolute atomic E-state index is 13.0. The molecule has 0 aliphatic heterocycles. The number of hydrogen-bond donors (Lipinski definition) is 2. The summed E-state index contributed by atoms with van der Waals surface area (Å²) in [5, 5.41) is 3.86. The van der Waals surface area contributed by atoms with E-state index in [4.69, 9.17) is 16.3 Å². The summed E-state index contributed by atoms with van der Waals surface area (Å²) in [5.74, 6) is 5.26. The Morgan fingerprint density at radius 3 is 2.53 bits per heavy atom. The minimum atomic E-state index is -0.328. The Morgan fingerprint density at radius 2 is 1.79 bits per heavy atom. The van der Waals surface area contributed by atoms with Crippen LogP contribution in [0.4, 0.5) is 0 Å². The van der Waals surface area contributed by atoms with Crippen molar-refractivity contribution >= 4 is 40.2 Å². The van der Waals surface area contributed by atoms with Gasteiger partial charge in [-0.1, -0.05) is 42.0 Å². The number of Topliss-reactive ketones (excluding diaryl/α,β-unsaturated/α-hetero) is 1. The second kappa shape index (κ2) is 16.2. The topological polar surface area (TPSA) is 105 Å². The first-order chi connectivity index (χ1) is 17.8. The van der Waals surface area contributed by atoms with Crippen molar-refractivity contribution in [3.8, 4) is 11.8 Å². The molecule has 0 saturated heterocycles. The first kappa shape index (κ1) is 31.3. The Morgan fingerprint density at radius 1 is 1.05 bits per heavy atom. The number of rotatable bonds is 11. The summed E-state index contributed by atoms with van der Waals surface area (Å²) in [4.78, 5) is 51.1. The predicted octanol–water partition coefficient (Wildman–Crippen LogP) is 1.59. The molecule has 0 aliphatic rings. The maximum Gasteiger partial charge on any atom is 1.00 e. The summed E-state index contributed by atoms with van der Waals surface area (Å²) >= 11 is 5.88. The van der Waals surface area contributed by atoms with Crippen LogP contribution in [0.15, 0.2) is 53.5 Å². The predicted molar refractivity (Wildman–Crippen MR) is 144 cm³/mol. The number of pyridine rings is 1. The number of aromatic nitrogens is 1. The zero-order valence-electron chi connectivity index (χ0n) is 22.7. The number of unbranched alkanes of at least 4 members (excludes halogenated alkanes) is 2. The molecule has 194 valence electrons. The molecule has 7 nitrogen and oxygen atoms in total. The van der Waals surface area contributed by atoms with Crippen LogP contribution in [-0.4, -0.2) is 29.3 Å². The number of carbonyl (C=O) groups excluding carboxylic acids is 3. The maximum atomic E-state index is 13.0. The van der Waals surface area contributed by atoms with Gasteiger partial charge in [-0.05, 0) is 55.7 Å². The molecule has 1 aromatic heterocycles. The van der Waals surface area contributed by atoms with E-state index in [0.29, 0.717) is 52.9 Å². The summed E-state index contributed by atoms with van der Waals surface area (Å²) in [5.41, 5.74) is 2.25. The van der Waals surface area contributed by atoms with E-state index >= 15 is 0 Å². The largest absolute Gasteiger partial charge is 1.00 e. The van der Waals surface area contributed by atoms with Crippen molar-refractivity contribution in [2.24, 2.45) is 0 Å². The fourth-order valence-corrected chi connectivity index (χ4v) is 3.78. The number of H-pyrrole nitrogens is 1. The number of fused-ring (bicyclic) bond motifs is 1. The molecule has 0 unspecified atom stereocenters. The first-order valence-corrected chi connectivity index (χ1v) is 12.5. The fraction of sp³-hybridized carbons (Fsp3) is 0.310. The number of aromatic amines is 1. The van der Waals surface area contributed by atoms with E-state index < -0.39 is 0 Å². The average Bonchev–Trinajstić information content (AvgIpc) is 2.88. The van der Waals surface area contributed by atoms with Crippen LogP contribution >= 0.6 is 11.6 Å². The van der Waals surface area contributed by atoms with Crippen molar-refractivity contribution < 1.29 is 50.1 Å². The first-order valence-electron chi connectivity index (χ1n) is 12.1. The van der Waals surface area contributed by atoms with Crippen molar-refractivity contribution in [3.63, 3.8) is 0 Å². The molecule has 38 heavy (non-hydrogen) atoms. The van der Waals surface area contributed by atoms with Gasteiger partial charge in [0.25, 0.3) is 0 Å². The summed E-state index contributed by atoms with van der Waals surface area (Å²) < 4.78 is 5.13. The van der Waals surface area contributed by atoms with E-state index in [-0.39, 0.29) is 67.1 Å². The third-order valence-electron chi connectivity index (χ3n) is 5.66. The molecule has 0 radical (unpaired) electrons. The number of carbonyl (C=O) groups is 3. The van der Waals surface area contributed by atoms with Crippen molar-refractivity contribution in [1.29, 1.82) is 0 Å². The molecule has 0 bridgehead atoms. The molecule has 0 atom stereocenters. The summed E-state index contributed by atoms with van der Waals surface area (Å²) in [6, 6.07) is 12.3. The van der Waals surface area contributed by atoms with E-state index in [0.717, 1.165) is 18.4 Å². The Balaban J connectivity index is 0.00000380. The Bertz CT molecular complexity index is 1400. The van der Waals surface area contributed by atoms with E-state index in [9.17, 15) is 19.2 Å². The Kier molecular flexibility index (Phi) is 13.3. The molecule has 9 heteroatoms. The molecular formula is C29H30ClN2NaO5. The van der Waals surface area contributed by atoms with Crippen LogP contribution in [0.25, 0.3) is 10.9 Å². The number of ether oxygens (including phenoxy) is 1. The smallest absolute Gasteiger partial charge is 1.00 e. The molecule has 1 heterocycles. The van der Waals surface area contributed by atoms with Gasteiger partial charge in [0.15, 0.2) is 12.0 Å². The quantitative estimate of drug-likeness (QED) is 0.165. The zero-order valence-corrected chi connectivity index (χ0v) is 24.5. The molecular weight excluding hydrogens is 515 g/mol. The zero-order chi connectivity index (χ0) is 26.6. The average molecular weight is 545 g/mol. The molecule has 2 aromatic carbocycles. The van der Waals surface area contributed by atoms with Gasteiger partial charge in [0, 0.05) is 52.6 Å². The van der Waals surface area contributed by atoms with Gasteiger partial charge >= 0.3 is 35.5 Å². The minimum Gasteiger partial charge on any atom is -1.00 e. The van der Waals surface area contributed by atoms with E-state index in [1.165, 1.54) is 0 Å². The molecule has 3 aromatic rings. The molecule has 1 amide bonds. The van der Waals surface area contributed by atoms with Crippen LogP contribution in [0.3, 0.4) is 0 Å². The van der Waals surface area contributed by atoms with Crippen LogP contribution in [-0.2, 0) is 32.1 Å². The normalized spacial score (nSPS) is 10.2. The molecule has 3 rings (SSSR count). The SMILES string of the molecule is CC(=O)CCCCCC(=O)OCC#Cc1ccc2[nH]cc(CC(=O)NCc3ccc(Cl)cc3)c(=O)c2c1.[H-].[Na+]. The van der Waals surface area contributed by atoms with Gasteiger partial charge in [0.2, 0.25) is 5.91 Å². The van der Waals surface area contributed by atoms with Gasteiger partial charge in [0.1, 0.15) is 5.78 Å². The standard InChI is InChI=1S/C29H29ClN2O5.Na.H/c1-20(33)6-3-2-4-8-28(35)37-15-5-7-21-11-14-26-25(16-21)29(36)23(19-31-26)17-27(34)32-18-22-9-12-24(30)13-10-22;;/h9-14,16,19H,2-4,6,8,15,17-18H2,1H3,(H,31,36)(H,32,34);;/q;+1;-1. The molecule has 0 saturated carbocycles. The number of benzene rings is 2. The van der Waals surface area contributed by atoms with Gasteiger partial charge in [0.05, 0.1) is 6.42 Å². The molecule has 2 N–H and O–H groups in total. The van der Waals surface area contributed by atoms with Gasteiger partial charge in [-0.3, -0.25) is 14.4 Å². The van der Waals surface area contributed by atoms with Crippen molar-refractivity contribution in [3.05, 3.63) is 80.6 Å². The molecule has 0 fully saturated rings. The number of esters is 1. The molecule has 0 spiro atoms. The number of ketones is 1. The Labute approximate surface area is 250 Å². The summed E-state index contributed by atoms with van der Waals surface area (Å²) in [7, 11) is 0. The van der Waals surface area contributed by atoms with Gasteiger partial charge < -0.3 is 21.3 Å². The van der Waals surface area contributed by atoms with E-state index in [2.05, 4.69) is 22.1 Å². The van der Waals surface area contributed by atoms with Gasteiger partial charge in [-0.2, -0.15) is 0 Å². The van der Waals surface area contributed by atoms with Gasteiger partial charge in [-0.25, -0.2) is 0 Å². The van der Waals surface area contributed by atoms with Crippen LogP contribution in [0, 0.1) is 11.8 Å². The summed E-state index contributed by atoms with van der Waals surface area (Å²) in [6.07, 6.45) is 4.58.